The van der Waals surface area contributed by atoms with Gasteiger partial charge >= 0.3 is 0 Å². The number of amides is 1. The average molecular weight is 414 g/mol. The molecule has 1 N–H and O–H groups in total. The maximum atomic E-state index is 12.3. The van der Waals surface area contributed by atoms with Gasteiger partial charge in [-0.3, -0.25) is 4.79 Å². The van der Waals surface area contributed by atoms with Crippen LogP contribution in [0.2, 0.25) is 0 Å². The minimum absolute atomic E-state index is 0.0348. The monoisotopic (exact) mass is 413 g/mol. The number of hydrogen-bond acceptors (Lipinski definition) is 5. The van der Waals surface area contributed by atoms with Crippen LogP contribution >= 0.6 is 11.3 Å². The summed E-state index contributed by atoms with van der Waals surface area (Å²) in [6.45, 7) is 0.557. The quantitative estimate of drug-likeness (QED) is 0.697. The number of rotatable bonds is 5. The number of thiophene rings is 1. The van der Waals surface area contributed by atoms with E-state index in [4.69, 9.17) is 0 Å². The van der Waals surface area contributed by atoms with Gasteiger partial charge in [-0.2, -0.15) is 8.42 Å². The first kappa shape index (κ1) is 18.6. The molecule has 3 aromatic rings. The van der Waals surface area contributed by atoms with Crippen LogP contribution in [0.25, 0.3) is 10.1 Å². The molecule has 8 heteroatoms. The van der Waals surface area contributed by atoms with Gasteiger partial charge in [-0.1, -0.05) is 30.3 Å². The maximum Gasteiger partial charge on any atom is 0.285 e. The number of nitrogens with zero attached hydrogens (tertiary/aromatic N) is 2. The van der Waals surface area contributed by atoms with E-state index in [0.29, 0.717) is 17.9 Å². The van der Waals surface area contributed by atoms with Gasteiger partial charge in [0.2, 0.25) is 5.91 Å². The molecule has 0 atom stereocenters. The molecule has 0 aliphatic carbocycles. The molecule has 0 unspecified atom stereocenters. The van der Waals surface area contributed by atoms with Crippen molar-refractivity contribution < 1.29 is 13.2 Å². The van der Waals surface area contributed by atoms with Crippen molar-refractivity contribution in [1.82, 2.24) is 10.2 Å². The molecule has 1 aliphatic heterocycles. The van der Waals surface area contributed by atoms with Gasteiger partial charge in [0.1, 0.15) is 4.90 Å². The predicted molar refractivity (Wildman–Crippen MR) is 111 cm³/mol. The number of amidine groups is 1. The van der Waals surface area contributed by atoms with Crippen molar-refractivity contribution in [3.63, 3.8) is 0 Å². The van der Waals surface area contributed by atoms with Crippen LogP contribution in [0, 0.1) is 0 Å². The van der Waals surface area contributed by atoms with E-state index in [1.807, 2.05) is 12.1 Å². The summed E-state index contributed by atoms with van der Waals surface area (Å²) >= 11 is 1.70. The molecule has 4 rings (SSSR count). The van der Waals surface area contributed by atoms with Crippen molar-refractivity contribution in [2.45, 2.75) is 11.3 Å². The standard InChI is InChI=1S/C20H19N3O3S2/c1-23(20-16-7-3-5-9-18(16)28(25,26)22-20)12-19(24)21-11-10-14-13-27-17-8-4-2-6-15(14)17/h2-9,13H,10-12H2,1H3,(H,21,24). The van der Waals surface area contributed by atoms with Gasteiger partial charge in [-0.25, -0.2) is 0 Å². The molecule has 0 saturated heterocycles. The molecule has 1 aliphatic rings. The van der Waals surface area contributed by atoms with Gasteiger partial charge in [0.15, 0.2) is 5.84 Å². The fraction of sp³-hybridized carbons (Fsp3) is 0.200. The minimum Gasteiger partial charge on any atom is -0.354 e. The summed E-state index contributed by atoms with van der Waals surface area (Å²) in [5.41, 5.74) is 1.75. The first-order chi connectivity index (χ1) is 13.5. The number of sulfonamides is 1. The number of benzene rings is 2. The fourth-order valence-corrected chi connectivity index (χ4v) is 5.52. The van der Waals surface area contributed by atoms with Gasteiger partial charge in [0.05, 0.1) is 6.54 Å². The molecule has 0 fully saturated rings. The van der Waals surface area contributed by atoms with Crippen molar-refractivity contribution in [3.8, 4) is 0 Å². The highest BCUT2D eigenvalue weighted by Gasteiger charge is 2.30. The third-order valence-electron chi connectivity index (χ3n) is 4.63. The number of fused-ring (bicyclic) bond motifs is 2. The molecule has 2 aromatic carbocycles. The average Bonchev–Trinajstić information content (AvgIpc) is 3.21. The molecule has 1 aromatic heterocycles. The third kappa shape index (κ3) is 3.53. The lowest BCUT2D eigenvalue weighted by atomic mass is 10.1. The van der Waals surface area contributed by atoms with Crippen LogP contribution in [-0.4, -0.2) is 45.2 Å². The Morgan fingerprint density at radius 3 is 2.75 bits per heavy atom. The van der Waals surface area contributed by atoms with E-state index in [1.54, 1.807) is 41.5 Å². The van der Waals surface area contributed by atoms with Crippen LogP contribution in [0.4, 0.5) is 0 Å². The first-order valence-electron chi connectivity index (χ1n) is 8.83. The van der Waals surface area contributed by atoms with Crippen LogP contribution in [0.15, 0.2) is 63.2 Å². The Labute approximate surface area is 167 Å². The summed E-state index contributed by atoms with van der Waals surface area (Å²) in [5.74, 6) is 0.126. The van der Waals surface area contributed by atoms with Crippen molar-refractivity contribution in [1.29, 1.82) is 0 Å². The Hall–Kier alpha value is -2.71. The topological polar surface area (TPSA) is 78.8 Å². The number of likely N-dealkylation sites (N-methyl/N-ethyl adjacent to an activating group) is 1. The fourth-order valence-electron chi connectivity index (χ4n) is 3.27. The van der Waals surface area contributed by atoms with Crippen molar-refractivity contribution in [3.05, 3.63) is 65.0 Å². The molecule has 0 radical (unpaired) electrons. The molecule has 28 heavy (non-hydrogen) atoms. The zero-order chi connectivity index (χ0) is 19.7. The Balaban J connectivity index is 1.37. The van der Waals surface area contributed by atoms with Crippen molar-refractivity contribution >= 4 is 43.2 Å². The van der Waals surface area contributed by atoms with Crippen LogP contribution in [-0.2, 0) is 21.2 Å². The Kier molecular flexibility index (Phi) is 4.91. The summed E-state index contributed by atoms with van der Waals surface area (Å²) < 4.78 is 29.4. The van der Waals surface area contributed by atoms with Crippen LogP contribution in [0.5, 0.6) is 0 Å². The highest BCUT2D eigenvalue weighted by Crippen LogP contribution is 2.27. The first-order valence-corrected chi connectivity index (χ1v) is 11.1. The molecule has 1 amide bonds. The van der Waals surface area contributed by atoms with Crippen LogP contribution < -0.4 is 5.32 Å². The highest BCUT2D eigenvalue weighted by molar-refractivity contribution is 7.90. The third-order valence-corrected chi connectivity index (χ3v) is 6.97. The van der Waals surface area contributed by atoms with Crippen molar-refractivity contribution in [2.75, 3.05) is 20.1 Å². The van der Waals surface area contributed by atoms with E-state index >= 15 is 0 Å². The number of carbonyl (C=O) groups is 1. The molecular formula is C20H19N3O3S2. The van der Waals surface area contributed by atoms with Gasteiger partial charge in [-0.15, -0.1) is 15.7 Å². The molecule has 6 nitrogen and oxygen atoms in total. The Morgan fingerprint density at radius 2 is 1.89 bits per heavy atom. The molecule has 0 bridgehead atoms. The number of hydrogen-bond donors (Lipinski definition) is 1. The summed E-state index contributed by atoms with van der Waals surface area (Å²) in [5, 5.41) is 6.25. The van der Waals surface area contributed by atoms with E-state index in [1.165, 1.54) is 21.7 Å². The summed E-state index contributed by atoms with van der Waals surface area (Å²) in [6, 6.07) is 14.9. The van der Waals surface area contributed by atoms with Gasteiger partial charge in [0, 0.05) is 23.9 Å². The van der Waals surface area contributed by atoms with Crippen LogP contribution in [0.1, 0.15) is 11.1 Å². The zero-order valence-corrected chi connectivity index (χ0v) is 16.9. The number of nitrogens with one attached hydrogen (secondary N) is 1. The van der Waals surface area contributed by atoms with E-state index < -0.39 is 10.0 Å². The molecule has 0 spiro atoms. The van der Waals surface area contributed by atoms with E-state index in [0.717, 1.165) is 6.42 Å². The molecular weight excluding hydrogens is 394 g/mol. The smallest absolute Gasteiger partial charge is 0.285 e. The van der Waals surface area contributed by atoms with E-state index in [9.17, 15) is 13.2 Å². The van der Waals surface area contributed by atoms with Gasteiger partial charge in [-0.05, 0) is 40.9 Å². The van der Waals surface area contributed by atoms with Gasteiger partial charge < -0.3 is 10.2 Å². The van der Waals surface area contributed by atoms with E-state index in [-0.39, 0.29) is 17.3 Å². The summed E-state index contributed by atoms with van der Waals surface area (Å²) in [7, 11) is -2.02. The largest absolute Gasteiger partial charge is 0.354 e. The lowest BCUT2D eigenvalue weighted by Crippen LogP contribution is -2.39. The van der Waals surface area contributed by atoms with Gasteiger partial charge in [0.25, 0.3) is 10.0 Å². The van der Waals surface area contributed by atoms with Crippen LogP contribution in [0.3, 0.4) is 0 Å². The lowest BCUT2D eigenvalue weighted by Gasteiger charge is -2.18. The second kappa shape index (κ2) is 7.37. The lowest BCUT2D eigenvalue weighted by molar-refractivity contribution is -0.121. The van der Waals surface area contributed by atoms with Crippen molar-refractivity contribution in [2.24, 2.45) is 4.40 Å². The normalized spacial score (nSPS) is 14.5. The minimum atomic E-state index is -3.69. The van der Waals surface area contributed by atoms with E-state index in [2.05, 4.69) is 27.2 Å². The Bertz CT molecular complexity index is 1180. The number of carbonyl (C=O) groups excluding carboxylic acids is 1. The zero-order valence-electron chi connectivity index (χ0n) is 15.3. The maximum absolute atomic E-state index is 12.3. The molecule has 2 heterocycles. The second-order valence-electron chi connectivity index (χ2n) is 6.60. The highest BCUT2D eigenvalue weighted by atomic mass is 32.2. The molecule has 144 valence electrons. The second-order valence-corrected chi connectivity index (χ2v) is 9.08. The SMILES string of the molecule is CN(CC(=O)NCCc1csc2ccccc12)C1=NS(=O)(=O)c2ccccc21. The Morgan fingerprint density at radius 1 is 1.14 bits per heavy atom. The summed E-state index contributed by atoms with van der Waals surface area (Å²) in [4.78, 5) is 14.1. The summed E-state index contributed by atoms with van der Waals surface area (Å²) in [6.07, 6.45) is 0.748. The predicted octanol–water partition coefficient (Wildman–Crippen LogP) is 2.64. The molecule has 0 saturated carbocycles.